The zero-order chi connectivity index (χ0) is 19.2. The fraction of sp³-hybridized carbons (Fsp3) is 0.350. The Kier molecular flexibility index (Phi) is 6.47. The number of benzene rings is 1. The second-order valence-corrected chi connectivity index (χ2v) is 7.50. The predicted molar refractivity (Wildman–Crippen MR) is 104 cm³/mol. The van der Waals surface area contributed by atoms with Gasteiger partial charge in [0.15, 0.2) is 0 Å². The van der Waals surface area contributed by atoms with Gasteiger partial charge in [0.25, 0.3) is 11.1 Å². The average Bonchev–Trinajstić information content (AvgIpc) is 2.94. The highest BCUT2D eigenvalue weighted by Crippen LogP contribution is 2.28. The Balaban J connectivity index is 1.52. The van der Waals surface area contributed by atoms with Crippen LogP contribution < -0.4 is 5.32 Å². The molecule has 2 amide bonds. The summed E-state index contributed by atoms with van der Waals surface area (Å²) in [6.45, 7) is 0.620. The van der Waals surface area contributed by atoms with Gasteiger partial charge >= 0.3 is 5.97 Å². The van der Waals surface area contributed by atoms with Gasteiger partial charge in [-0.1, -0.05) is 30.7 Å². The summed E-state index contributed by atoms with van der Waals surface area (Å²) < 4.78 is 5.87. The van der Waals surface area contributed by atoms with Gasteiger partial charge in [-0.2, -0.15) is 0 Å². The molecule has 1 unspecified atom stereocenters. The van der Waals surface area contributed by atoms with E-state index >= 15 is 0 Å². The molecule has 0 bridgehead atoms. The molecule has 1 aliphatic heterocycles. The van der Waals surface area contributed by atoms with E-state index in [4.69, 9.17) is 9.84 Å². The summed E-state index contributed by atoms with van der Waals surface area (Å²) in [5, 5.41) is 10.5. The molecule has 1 fully saturated rings. The number of unbranched alkanes of at least 4 members (excludes halogenated alkanes) is 2. The molecule has 1 saturated heterocycles. The number of ether oxygens (including phenoxy) is 1. The Bertz CT molecular complexity index is 815. The van der Waals surface area contributed by atoms with Gasteiger partial charge in [0, 0.05) is 19.4 Å². The summed E-state index contributed by atoms with van der Waals surface area (Å²) in [6, 6.07) is 5.95. The van der Waals surface area contributed by atoms with Crippen LogP contribution in [0.2, 0.25) is 0 Å². The molecule has 27 heavy (non-hydrogen) atoms. The fourth-order valence-corrected chi connectivity index (χ4v) is 3.70. The molecule has 1 heterocycles. The number of carboxylic acid groups (broad SMARTS) is 1. The second kappa shape index (κ2) is 9.01. The van der Waals surface area contributed by atoms with E-state index in [1.165, 1.54) is 5.56 Å². The summed E-state index contributed by atoms with van der Waals surface area (Å²) in [5.74, 6) is -1.11. The van der Waals surface area contributed by atoms with Gasteiger partial charge in [-0.25, -0.2) is 0 Å². The summed E-state index contributed by atoms with van der Waals surface area (Å²) in [4.78, 5) is 33.7. The third-order valence-electron chi connectivity index (χ3n) is 4.39. The second-order valence-electron chi connectivity index (χ2n) is 6.49. The van der Waals surface area contributed by atoms with Crippen LogP contribution in [-0.4, -0.2) is 34.9 Å². The largest absolute Gasteiger partial charge is 0.481 e. The molecule has 2 aliphatic rings. The van der Waals surface area contributed by atoms with Crippen molar-refractivity contribution in [2.24, 2.45) is 0 Å². The van der Waals surface area contributed by atoms with Crippen LogP contribution in [0.3, 0.4) is 0 Å². The van der Waals surface area contributed by atoms with Crippen molar-refractivity contribution in [2.45, 2.75) is 38.2 Å². The van der Waals surface area contributed by atoms with E-state index in [1.54, 1.807) is 6.08 Å². The van der Waals surface area contributed by atoms with Crippen molar-refractivity contribution >= 4 is 41.0 Å². The number of amides is 2. The molecule has 142 valence electrons. The van der Waals surface area contributed by atoms with Gasteiger partial charge in [-0.15, -0.1) is 0 Å². The highest BCUT2D eigenvalue weighted by Gasteiger charge is 2.25. The number of thioether (sulfide) groups is 1. The van der Waals surface area contributed by atoms with Crippen molar-refractivity contribution in [1.29, 1.82) is 0 Å². The molecular weight excluding hydrogens is 366 g/mol. The quantitative estimate of drug-likeness (QED) is 0.523. The molecule has 7 heteroatoms. The number of carbonyl (C=O) groups is 3. The number of carboxylic acids is 1. The first kappa shape index (κ1) is 19.4. The third kappa shape index (κ3) is 5.55. The normalized spacial score (nSPS) is 20.0. The van der Waals surface area contributed by atoms with E-state index in [0.29, 0.717) is 17.9 Å². The zero-order valence-corrected chi connectivity index (χ0v) is 15.6. The van der Waals surface area contributed by atoms with E-state index in [1.807, 2.05) is 30.4 Å². The maximum atomic E-state index is 11.6. The average molecular weight is 387 g/mol. The molecule has 0 spiro atoms. The molecule has 0 radical (unpaired) electrons. The fourth-order valence-electron chi connectivity index (χ4n) is 3.02. The first-order chi connectivity index (χ1) is 13.0. The summed E-state index contributed by atoms with van der Waals surface area (Å²) in [6.07, 6.45) is 9.17. The summed E-state index contributed by atoms with van der Waals surface area (Å²) in [5.41, 5.74) is 3.14. The Morgan fingerprint density at radius 3 is 2.89 bits per heavy atom. The van der Waals surface area contributed by atoms with Gasteiger partial charge in [-0.3, -0.25) is 19.7 Å². The van der Waals surface area contributed by atoms with Crippen molar-refractivity contribution in [1.82, 2.24) is 5.32 Å². The highest BCUT2D eigenvalue weighted by molar-refractivity contribution is 8.18. The maximum absolute atomic E-state index is 11.6. The van der Waals surface area contributed by atoms with Crippen LogP contribution in [0.1, 0.15) is 42.4 Å². The number of hydrogen-bond acceptors (Lipinski definition) is 5. The van der Waals surface area contributed by atoms with Crippen molar-refractivity contribution in [2.75, 3.05) is 6.61 Å². The molecule has 6 nitrogen and oxygen atoms in total. The van der Waals surface area contributed by atoms with Crippen molar-refractivity contribution < 1.29 is 24.2 Å². The molecule has 1 atom stereocenters. The monoisotopic (exact) mass is 387 g/mol. The van der Waals surface area contributed by atoms with Gasteiger partial charge in [0.2, 0.25) is 0 Å². The maximum Gasteiger partial charge on any atom is 0.303 e. The Morgan fingerprint density at radius 1 is 1.30 bits per heavy atom. The number of aliphatic carboxylic acids is 1. The smallest absolute Gasteiger partial charge is 0.303 e. The van der Waals surface area contributed by atoms with Crippen LogP contribution in [0.5, 0.6) is 0 Å². The third-order valence-corrected chi connectivity index (χ3v) is 5.20. The molecule has 3 rings (SSSR count). The minimum atomic E-state index is -0.753. The van der Waals surface area contributed by atoms with Crippen LogP contribution in [0.4, 0.5) is 4.79 Å². The van der Waals surface area contributed by atoms with Crippen LogP contribution in [-0.2, 0) is 20.7 Å². The predicted octanol–water partition coefficient (Wildman–Crippen LogP) is 3.61. The SMILES string of the molecule is O=C(O)CCCCCOC1C=Cc2cc(/C=C3\SC(=O)NC3=O)ccc2C1. The van der Waals surface area contributed by atoms with Crippen molar-refractivity contribution in [3.63, 3.8) is 0 Å². The van der Waals surface area contributed by atoms with Crippen molar-refractivity contribution in [3.05, 3.63) is 45.9 Å². The van der Waals surface area contributed by atoms with Crippen LogP contribution in [0.15, 0.2) is 29.2 Å². The Labute approximate surface area is 161 Å². The lowest BCUT2D eigenvalue weighted by Crippen LogP contribution is -2.18. The van der Waals surface area contributed by atoms with Gasteiger partial charge in [-0.05, 0) is 53.4 Å². The lowest BCUT2D eigenvalue weighted by Gasteiger charge is -2.20. The Hall–Kier alpha value is -2.38. The molecule has 0 saturated carbocycles. The topological polar surface area (TPSA) is 92.7 Å². The minimum Gasteiger partial charge on any atom is -0.481 e. The molecule has 1 aromatic carbocycles. The van der Waals surface area contributed by atoms with Gasteiger partial charge in [0.1, 0.15) is 0 Å². The highest BCUT2D eigenvalue weighted by atomic mass is 32.2. The van der Waals surface area contributed by atoms with E-state index < -0.39 is 5.97 Å². The van der Waals surface area contributed by atoms with E-state index in [0.717, 1.165) is 42.2 Å². The number of hydrogen-bond donors (Lipinski definition) is 2. The van der Waals surface area contributed by atoms with Crippen LogP contribution in [0.25, 0.3) is 12.2 Å². The number of rotatable bonds is 8. The van der Waals surface area contributed by atoms with E-state index in [9.17, 15) is 14.4 Å². The summed E-state index contributed by atoms with van der Waals surface area (Å²) in [7, 11) is 0. The van der Waals surface area contributed by atoms with Crippen LogP contribution >= 0.6 is 11.8 Å². The molecule has 1 aromatic rings. The first-order valence-electron chi connectivity index (χ1n) is 8.90. The number of fused-ring (bicyclic) bond motifs is 1. The lowest BCUT2D eigenvalue weighted by molar-refractivity contribution is -0.137. The minimum absolute atomic E-state index is 0.0231. The molecular formula is C20H21NO5S. The zero-order valence-electron chi connectivity index (χ0n) is 14.8. The lowest BCUT2D eigenvalue weighted by atomic mass is 9.94. The number of carbonyl (C=O) groups excluding carboxylic acids is 2. The van der Waals surface area contributed by atoms with Gasteiger partial charge < -0.3 is 9.84 Å². The number of imide groups is 1. The molecule has 2 N–H and O–H groups in total. The van der Waals surface area contributed by atoms with E-state index in [-0.39, 0.29) is 23.7 Å². The Morgan fingerprint density at radius 2 is 2.15 bits per heavy atom. The molecule has 0 aromatic heterocycles. The first-order valence-corrected chi connectivity index (χ1v) is 9.72. The van der Waals surface area contributed by atoms with Crippen molar-refractivity contribution in [3.8, 4) is 0 Å². The summed E-state index contributed by atoms with van der Waals surface area (Å²) >= 11 is 0.913. The molecule has 1 aliphatic carbocycles. The number of nitrogens with one attached hydrogen (secondary N) is 1. The standard InChI is InChI=1S/C20H21NO5S/c22-18(23)4-2-1-3-9-26-16-8-7-14-10-13(5-6-15(14)12-16)11-17-19(24)21-20(25)27-17/h5-8,10-11,16H,1-4,9,12H2,(H,22,23)(H,21,24,25)/b17-11-. The van der Waals surface area contributed by atoms with Crippen LogP contribution in [0, 0.1) is 0 Å². The van der Waals surface area contributed by atoms with Gasteiger partial charge in [0.05, 0.1) is 11.0 Å². The van der Waals surface area contributed by atoms with E-state index in [2.05, 4.69) is 5.32 Å².